The molecule has 1 atom stereocenters. The molecule has 0 spiro atoms. The normalized spacial score (nSPS) is 13.5. The minimum atomic E-state index is -2.05. The topological polar surface area (TPSA) is 98.7 Å². The van der Waals surface area contributed by atoms with E-state index in [0.29, 0.717) is 0 Å². The Balaban J connectivity index is 2.64. The first kappa shape index (κ1) is 15.6. The summed E-state index contributed by atoms with van der Waals surface area (Å²) in [5.74, 6) is -1.44. The lowest BCUT2D eigenvalue weighted by molar-refractivity contribution is -0.155. The quantitative estimate of drug-likeness (QED) is 0.683. The fraction of sp³-hybridized carbons (Fsp3) is 0.273. The molecular weight excluding hydrogens is 295 g/mol. The van der Waals surface area contributed by atoms with Gasteiger partial charge in [0.15, 0.2) is 5.60 Å². The molecule has 104 valence electrons. The number of aliphatic carboxylic acids is 1. The van der Waals surface area contributed by atoms with Crippen LogP contribution in [0.5, 0.6) is 0 Å². The lowest BCUT2D eigenvalue weighted by Crippen LogP contribution is -2.47. The number of rotatable bonds is 4. The third-order valence-electron chi connectivity index (χ3n) is 2.26. The zero-order chi connectivity index (χ0) is 14.6. The SMILES string of the molecule is CC(O)(CNC(=O)Nc1c(Cl)cccc1Cl)C(=O)O. The maximum absolute atomic E-state index is 11.5. The highest BCUT2D eigenvalue weighted by molar-refractivity contribution is 6.39. The van der Waals surface area contributed by atoms with E-state index in [1.54, 1.807) is 6.07 Å². The molecular formula is C11H12Cl2N2O4. The number of carbonyl (C=O) groups excluding carboxylic acids is 1. The fourth-order valence-electron chi connectivity index (χ4n) is 1.10. The van der Waals surface area contributed by atoms with E-state index >= 15 is 0 Å². The van der Waals surface area contributed by atoms with Crippen LogP contribution in [-0.4, -0.2) is 34.4 Å². The van der Waals surface area contributed by atoms with Crippen molar-refractivity contribution < 1.29 is 19.8 Å². The summed E-state index contributed by atoms with van der Waals surface area (Å²) in [6.45, 7) is 0.605. The summed E-state index contributed by atoms with van der Waals surface area (Å²) in [6.07, 6.45) is 0. The number of anilines is 1. The summed E-state index contributed by atoms with van der Waals surface area (Å²) in [5, 5.41) is 23.2. The molecule has 0 aliphatic rings. The largest absolute Gasteiger partial charge is 0.479 e. The third kappa shape index (κ3) is 4.27. The van der Waals surface area contributed by atoms with Gasteiger partial charge in [-0.15, -0.1) is 0 Å². The first-order valence-electron chi connectivity index (χ1n) is 5.18. The first-order chi connectivity index (χ1) is 8.74. The number of para-hydroxylation sites is 1. The second kappa shape index (κ2) is 6.10. The van der Waals surface area contributed by atoms with Crippen LogP contribution >= 0.6 is 23.2 Å². The van der Waals surface area contributed by atoms with E-state index < -0.39 is 24.1 Å². The van der Waals surface area contributed by atoms with Crippen molar-refractivity contribution in [1.82, 2.24) is 5.32 Å². The molecule has 0 radical (unpaired) electrons. The lowest BCUT2D eigenvalue weighted by Gasteiger charge is -2.18. The van der Waals surface area contributed by atoms with E-state index in [9.17, 15) is 14.7 Å². The Hall–Kier alpha value is -1.50. The Morgan fingerprint density at radius 1 is 1.32 bits per heavy atom. The molecule has 19 heavy (non-hydrogen) atoms. The molecule has 6 nitrogen and oxygen atoms in total. The van der Waals surface area contributed by atoms with Gasteiger partial charge < -0.3 is 20.8 Å². The van der Waals surface area contributed by atoms with Gasteiger partial charge in [0.2, 0.25) is 0 Å². The van der Waals surface area contributed by atoms with E-state index in [4.69, 9.17) is 28.3 Å². The van der Waals surface area contributed by atoms with E-state index in [1.807, 2.05) is 0 Å². The van der Waals surface area contributed by atoms with Crippen molar-refractivity contribution >= 4 is 40.9 Å². The zero-order valence-electron chi connectivity index (χ0n) is 9.91. The molecule has 0 bridgehead atoms. The Morgan fingerprint density at radius 3 is 2.32 bits per heavy atom. The molecule has 1 unspecified atom stereocenters. The number of halogens is 2. The van der Waals surface area contributed by atoms with Crippen LogP contribution in [0.4, 0.5) is 10.5 Å². The molecule has 0 aliphatic carbocycles. The molecule has 0 fully saturated rings. The fourth-order valence-corrected chi connectivity index (χ4v) is 1.59. The summed E-state index contributed by atoms with van der Waals surface area (Å²) in [4.78, 5) is 22.2. The van der Waals surface area contributed by atoms with Crippen LogP contribution in [-0.2, 0) is 4.79 Å². The van der Waals surface area contributed by atoms with Gasteiger partial charge in [-0.1, -0.05) is 29.3 Å². The highest BCUT2D eigenvalue weighted by Gasteiger charge is 2.30. The van der Waals surface area contributed by atoms with Crippen molar-refractivity contribution in [1.29, 1.82) is 0 Å². The van der Waals surface area contributed by atoms with Gasteiger partial charge in [0.1, 0.15) is 0 Å². The van der Waals surface area contributed by atoms with Crippen molar-refractivity contribution in [2.75, 3.05) is 11.9 Å². The minimum Gasteiger partial charge on any atom is -0.479 e. The van der Waals surface area contributed by atoms with Gasteiger partial charge in [-0.25, -0.2) is 9.59 Å². The molecule has 0 aromatic heterocycles. The smallest absolute Gasteiger partial charge is 0.337 e. The summed E-state index contributed by atoms with van der Waals surface area (Å²) >= 11 is 11.7. The summed E-state index contributed by atoms with van der Waals surface area (Å²) in [5.41, 5.74) is -1.85. The van der Waals surface area contributed by atoms with E-state index in [-0.39, 0.29) is 15.7 Å². The Kier molecular flexibility index (Phi) is 4.99. The Morgan fingerprint density at radius 2 is 1.84 bits per heavy atom. The number of benzene rings is 1. The molecule has 1 aromatic carbocycles. The van der Waals surface area contributed by atoms with Gasteiger partial charge >= 0.3 is 12.0 Å². The van der Waals surface area contributed by atoms with Crippen LogP contribution in [0, 0.1) is 0 Å². The number of carbonyl (C=O) groups is 2. The molecule has 2 amide bonds. The van der Waals surface area contributed by atoms with Crippen molar-refractivity contribution in [2.45, 2.75) is 12.5 Å². The molecule has 0 heterocycles. The van der Waals surface area contributed by atoms with Gasteiger partial charge in [-0.2, -0.15) is 0 Å². The number of carboxylic acid groups (broad SMARTS) is 1. The number of hydrogen-bond donors (Lipinski definition) is 4. The van der Waals surface area contributed by atoms with Crippen LogP contribution in [0.2, 0.25) is 10.0 Å². The van der Waals surface area contributed by atoms with Gasteiger partial charge in [0.05, 0.1) is 22.3 Å². The lowest BCUT2D eigenvalue weighted by atomic mass is 10.1. The monoisotopic (exact) mass is 306 g/mol. The van der Waals surface area contributed by atoms with Crippen molar-refractivity contribution in [3.63, 3.8) is 0 Å². The van der Waals surface area contributed by atoms with E-state index in [0.717, 1.165) is 6.92 Å². The maximum Gasteiger partial charge on any atom is 0.337 e. The van der Waals surface area contributed by atoms with Crippen molar-refractivity contribution in [3.05, 3.63) is 28.2 Å². The van der Waals surface area contributed by atoms with Gasteiger partial charge in [0.25, 0.3) is 0 Å². The standard InChI is InChI=1S/C11H12Cl2N2O4/c1-11(19,9(16)17)5-14-10(18)15-8-6(12)3-2-4-7(8)13/h2-4,19H,5H2,1H3,(H,16,17)(H2,14,15,18). The number of amides is 2. The number of nitrogens with one attached hydrogen (secondary N) is 2. The zero-order valence-corrected chi connectivity index (χ0v) is 11.4. The maximum atomic E-state index is 11.5. The highest BCUT2D eigenvalue weighted by Crippen LogP contribution is 2.29. The minimum absolute atomic E-state index is 0.207. The average molecular weight is 307 g/mol. The van der Waals surface area contributed by atoms with Gasteiger partial charge in [-0.05, 0) is 19.1 Å². The van der Waals surface area contributed by atoms with Gasteiger partial charge in [-0.3, -0.25) is 0 Å². The van der Waals surface area contributed by atoms with Crippen LogP contribution in [0.25, 0.3) is 0 Å². The highest BCUT2D eigenvalue weighted by atomic mass is 35.5. The molecule has 4 N–H and O–H groups in total. The van der Waals surface area contributed by atoms with E-state index in [2.05, 4.69) is 10.6 Å². The van der Waals surface area contributed by atoms with E-state index in [1.165, 1.54) is 12.1 Å². The molecule has 0 saturated carbocycles. The molecule has 0 aliphatic heterocycles. The molecule has 1 aromatic rings. The van der Waals surface area contributed by atoms with Crippen LogP contribution < -0.4 is 10.6 Å². The number of urea groups is 1. The number of aliphatic hydroxyl groups is 1. The van der Waals surface area contributed by atoms with Gasteiger partial charge in [0, 0.05) is 0 Å². The second-order valence-electron chi connectivity index (χ2n) is 3.98. The number of hydrogen-bond acceptors (Lipinski definition) is 3. The first-order valence-corrected chi connectivity index (χ1v) is 5.94. The predicted molar refractivity (Wildman–Crippen MR) is 71.7 cm³/mol. The Labute approximate surface area is 119 Å². The second-order valence-corrected chi connectivity index (χ2v) is 4.80. The van der Waals surface area contributed by atoms with Crippen LogP contribution in [0.15, 0.2) is 18.2 Å². The molecule has 1 rings (SSSR count). The van der Waals surface area contributed by atoms with Crippen molar-refractivity contribution in [2.24, 2.45) is 0 Å². The van der Waals surface area contributed by atoms with Crippen molar-refractivity contribution in [3.8, 4) is 0 Å². The summed E-state index contributed by atoms with van der Waals surface area (Å²) in [7, 11) is 0. The third-order valence-corrected chi connectivity index (χ3v) is 2.89. The summed E-state index contributed by atoms with van der Waals surface area (Å²) < 4.78 is 0. The summed E-state index contributed by atoms with van der Waals surface area (Å²) in [6, 6.07) is 3.96. The molecule has 8 heteroatoms. The predicted octanol–water partition coefficient (Wildman–Crippen LogP) is 1.95. The average Bonchev–Trinajstić information content (AvgIpc) is 2.31. The molecule has 0 saturated heterocycles. The van der Waals surface area contributed by atoms with Crippen LogP contribution in [0.1, 0.15) is 6.92 Å². The number of carboxylic acids is 1. The van der Waals surface area contributed by atoms with Crippen LogP contribution in [0.3, 0.4) is 0 Å². The Bertz CT molecular complexity index is 485.